The minimum atomic E-state index is 0.698. The molecule has 0 amide bonds. The van der Waals surface area contributed by atoms with Crippen LogP contribution >= 0.6 is 34.4 Å². The van der Waals surface area contributed by atoms with E-state index < -0.39 is 0 Å². The Morgan fingerprint density at radius 3 is 2.40 bits per heavy atom. The van der Waals surface area contributed by atoms with Crippen molar-refractivity contribution in [1.82, 2.24) is 19.9 Å². The molecule has 3 aromatic heterocycles. The van der Waals surface area contributed by atoms with Crippen molar-refractivity contribution < 1.29 is 0 Å². The molecule has 4 nitrogen and oxygen atoms in total. The van der Waals surface area contributed by atoms with Gasteiger partial charge in [-0.05, 0) is 13.0 Å². The van der Waals surface area contributed by atoms with Gasteiger partial charge < -0.3 is 0 Å². The van der Waals surface area contributed by atoms with Gasteiger partial charge in [-0.25, -0.2) is 19.9 Å². The Labute approximate surface area is 129 Å². The molecule has 0 unspecified atom stereocenters. The number of thioether (sulfide) groups is 1. The molecular weight excluding hydrogens is 308 g/mol. The Hall–Kier alpha value is -1.31. The van der Waals surface area contributed by atoms with Gasteiger partial charge in [0.15, 0.2) is 10.8 Å². The third-order valence-corrected chi connectivity index (χ3v) is 5.18. The van der Waals surface area contributed by atoms with Gasteiger partial charge in [0.05, 0.1) is 16.4 Å². The normalized spacial score (nSPS) is 10.8. The maximum atomic E-state index is 4.57. The van der Waals surface area contributed by atoms with Crippen molar-refractivity contribution >= 4 is 34.4 Å². The second-order valence-electron chi connectivity index (χ2n) is 4.07. The summed E-state index contributed by atoms with van der Waals surface area (Å²) in [4.78, 5) is 17.5. The van der Waals surface area contributed by atoms with E-state index in [1.54, 1.807) is 35.1 Å². The molecule has 3 rings (SSSR count). The van der Waals surface area contributed by atoms with Crippen LogP contribution in [0.15, 0.2) is 29.2 Å². The van der Waals surface area contributed by atoms with Crippen LogP contribution in [0.1, 0.15) is 16.4 Å². The van der Waals surface area contributed by atoms with Crippen LogP contribution in [0.4, 0.5) is 0 Å². The van der Waals surface area contributed by atoms with Crippen molar-refractivity contribution in [1.29, 1.82) is 0 Å². The number of rotatable bonds is 5. The number of hydrogen-bond donors (Lipinski definition) is 0. The average molecular weight is 320 g/mol. The highest BCUT2D eigenvalue weighted by molar-refractivity contribution is 7.97. The molecule has 0 saturated carbocycles. The molecule has 102 valence electrons. The number of nitrogens with zero attached hydrogens (tertiary/aromatic N) is 4. The maximum absolute atomic E-state index is 4.57. The lowest BCUT2D eigenvalue weighted by atomic mass is 10.5. The van der Waals surface area contributed by atoms with E-state index in [0.717, 1.165) is 32.9 Å². The van der Waals surface area contributed by atoms with Crippen LogP contribution in [-0.4, -0.2) is 19.9 Å². The van der Waals surface area contributed by atoms with Crippen molar-refractivity contribution in [2.45, 2.75) is 18.4 Å². The van der Waals surface area contributed by atoms with Crippen molar-refractivity contribution in [2.24, 2.45) is 0 Å². The van der Waals surface area contributed by atoms with Crippen molar-refractivity contribution in [3.8, 4) is 10.8 Å². The molecule has 0 atom stereocenters. The standard InChI is InChI=1S/C13H12N4S3/c1-9-16-10(7-19-9)5-18-6-11-8-20-13(17-11)12-14-3-2-4-15-12/h2-4,7-8H,5-6H2,1H3. The summed E-state index contributed by atoms with van der Waals surface area (Å²) in [5.74, 6) is 2.52. The Morgan fingerprint density at radius 1 is 1.00 bits per heavy atom. The third-order valence-electron chi connectivity index (χ3n) is 2.48. The van der Waals surface area contributed by atoms with Gasteiger partial charge in [0.2, 0.25) is 0 Å². The fraction of sp³-hybridized carbons (Fsp3) is 0.231. The van der Waals surface area contributed by atoms with Gasteiger partial charge in [0.1, 0.15) is 0 Å². The summed E-state index contributed by atoms with van der Waals surface area (Å²) in [7, 11) is 0. The summed E-state index contributed by atoms with van der Waals surface area (Å²) in [6.45, 7) is 2.03. The molecule has 0 N–H and O–H groups in total. The van der Waals surface area contributed by atoms with E-state index in [1.807, 2.05) is 24.8 Å². The van der Waals surface area contributed by atoms with E-state index in [4.69, 9.17) is 0 Å². The molecule has 3 heterocycles. The van der Waals surface area contributed by atoms with E-state index in [0.29, 0.717) is 5.82 Å². The van der Waals surface area contributed by atoms with Gasteiger partial charge in [-0.15, -0.1) is 34.4 Å². The first-order valence-electron chi connectivity index (χ1n) is 6.02. The summed E-state index contributed by atoms with van der Waals surface area (Å²) in [6.07, 6.45) is 3.48. The van der Waals surface area contributed by atoms with Crippen LogP contribution < -0.4 is 0 Å². The van der Waals surface area contributed by atoms with E-state index in [-0.39, 0.29) is 0 Å². The maximum Gasteiger partial charge on any atom is 0.188 e. The topological polar surface area (TPSA) is 51.6 Å². The minimum Gasteiger partial charge on any atom is -0.246 e. The van der Waals surface area contributed by atoms with Crippen LogP contribution in [0.5, 0.6) is 0 Å². The summed E-state index contributed by atoms with van der Waals surface area (Å²) in [5.41, 5.74) is 2.23. The first kappa shape index (κ1) is 13.7. The molecule has 20 heavy (non-hydrogen) atoms. The van der Waals surface area contributed by atoms with E-state index in [1.165, 1.54) is 0 Å². The highest BCUT2D eigenvalue weighted by Gasteiger charge is 2.07. The zero-order chi connectivity index (χ0) is 13.8. The first-order valence-corrected chi connectivity index (χ1v) is 8.93. The Balaban J connectivity index is 1.58. The van der Waals surface area contributed by atoms with Gasteiger partial charge in [0.25, 0.3) is 0 Å². The van der Waals surface area contributed by atoms with E-state index >= 15 is 0 Å². The lowest BCUT2D eigenvalue weighted by Gasteiger charge is -1.96. The van der Waals surface area contributed by atoms with Gasteiger partial charge in [-0.3, -0.25) is 0 Å². The lowest BCUT2D eigenvalue weighted by Crippen LogP contribution is -1.88. The van der Waals surface area contributed by atoms with Gasteiger partial charge in [-0.2, -0.15) is 0 Å². The third kappa shape index (κ3) is 3.41. The molecule has 0 aliphatic rings. The summed E-state index contributed by atoms with van der Waals surface area (Å²) in [6, 6.07) is 1.81. The summed E-state index contributed by atoms with van der Waals surface area (Å²) >= 11 is 5.12. The van der Waals surface area contributed by atoms with E-state index in [9.17, 15) is 0 Å². The van der Waals surface area contributed by atoms with Gasteiger partial charge in [0, 0.05) is 34.7 Å². The predicted octanol–water partition coefficient (Wildman–Crippen LogP) is 3.80. The average Bonchev–Trinajstić information content (AvgIpc) is 3.09. The van der Waals surface area contributed by atoms with Crippen LogP contribution in [0, 0.1) is 6.92 Å². The Kier molecular flexibility index (Phi) is 4.39. The number of thiazole rings is 2. The van der Waals surface area contributed by atoms with Crippen LogP contribution in [0.2, 0.25) is 0 Å². The molecule has 0 aromatic carbocycles. The van der Waals surface area contributed by atoms with Gasteiger partial charge >= 0.3 is 0 Å². The van der Waals surface area contributed by atoms with E-state index in [2.05, 4.69) is 30.7 Å². The molecule has 0 bridgehead atoms. The molecule has 0 fully saturated rings. The molecule has 0 saturated heterocycles. The number of hydrogen-bond acceptors (Lipinski definition) is 7. The molecule has 0 aliphatic heterocycles. The molecule has 0 spiro atoms. The van der Waals surface area contributed by atoms with Crippen LogP contribution in [-0.2, 0) is 11.5 Å². The Bertz CT molecular complexity index is 678. The Morgan fingerprint density at radius 2 is 1.70 bits per heavy atom. The smallest absolute Gasteiger partial charge is 0.188 e. The van der Waals surface area contributed by atoms with Crippen LogP contribution in [0.25, 0.3) is 10.8 Å². The second kappa shape index (κ2) is 6.43. The minimum absolute atomic E-state index is 0.698. The monoisotopic (exact) mass is 320 g/mol. The number of aromatic nitrogens is 4. The fourth-order valence-corrected chi connectivity index (χ4v) is 4.02. The predicted molar refractivity (Wildman–Crippen MR) is 85.0 cm³/mol. The molecule has 7 heteroatoms. The molecule has 0 radical (unpaired) electrons. The largest absolute Gasteiger partial charge is 0.246 e. The lowest BCUT2D eigenvalue weighted by molar-refractivity contribution is 1.14. The molecular formula is C13H12N4S3. The summed E-state index contributed by atoms with van der Waals surface area (Å²) in [5, 5.41) is 6.20. The van der Waals surface area contributed by atoms with Crippen molar-refractivity contribution in [3.63, 3.8) is 0 Å². The van der Waals surface area contributed by atoms with Crippen LogP contribution in [0.3, 0.4) is 0 Å². The second-order valence-corrected chi connectivity index (χ2v) is 6.97. The highest BCUT2D eigenvalue weighted by Crippen LogP contribution is 2.24. The molecule has 0 aliphatic carbocycles. The summed E-state index contributed by atoms with van der Waals surface area (Å²) < 4.78 is 0. The van der Waals surface area contributed by atoms with Crippen molar-refractivity contribution in [2.75, 3.05) is 0 Å². The zero-order valence-electron chi connectivity index (χ0n) is 10.8. The first-order chi connectivity index (χ1) is 9.81. The van der Waals surface area contributed by atoms with Crippen molar-refractivity contribution in [3.05, 3.63) is 45.6 Å². The number of aryl methyl sites for hydroxylation is 1. The SMILES string of the molecule is Cc1nc(CSCc2csc(-c3ncccn3)n2)cs1. The molecule has 3 aromatic rings. The fourth-order valence-electron chi connectivity index (χ4n) is 1.62. The quantitative estimate of drug-likeness (QED) is 0.715. The van der Waals surface area contributed by atoms with Gasteiger partial charge in [-0.1, -0.05) is 0 Å². The highest BCUT2D eigenvalue weighted by atomic mass is 32.2. The zero-order valence-corrected chi connectivity index (χ0v) is 13.3.